The van der Waals surface area contributed by atoms with Crippen molar-refractivity contribution in [2.24, 2.45) is 10.7 Å². The summed E-state index contributed by atoms with van der Waals surface area (Å²) in [7, 11) is 0. The van der Waals surface area contributed by atoms with Gasteiger partial charge in [0.1, 0.15) is 12.4 Å². The maximum atomic E-state index is 12.0. The molecule has 6 heteroatoms. The molecule has 2 rings (SSSR count). The van der Waals surface area contributed by atoms with Crippen LogP contribution in [-0.2, 0) is 0 Å². The molecule has 3 N–H and O–H groups in total. The molecule has 1 aromatic rings. The lowest BCUT2D eigenvalue weighted by molar-refractivity contribution is 0.262. The number of nitrogens with one attached hydrogen (secondary N) is 1. The molecule has 0 amide bonds. The predicted octanol–water partition coefficient (Wildman–Crippen LogP) is 2.00. The van der Waals surface area contributed by atoms with Crippen molar-refractivity contribution < 1.29 is 9.13 Å². The lowest BCUT2D eigenvalue weighted by Gasteiger charge is -2.26. The molecule has 0 saturated carbocycles. The topological polar surface area (TPSA) is 59.6 Å². The molecular formula is C12H17FIN3O. The maximum absolute atomic E-state index is 12.0. The highest BCUT2D eigenvalue weighted by atomic mass is 127. The van der Waals surface area contributed by atoms with Crippen molar-refractivity contribution in [2.45, 2.75) is 12.5 Å². The van der Waals surface area contributed by atoms with E-state index in [0.29, 0.717) is 6.61 Å². The molecule has 18 heavy (non-hydrogen) atoms. The number of halogens is 2. The summed E-state index contributed by atoms with van der Waals surface area (Å²) in [6, 6.07) is 7.90. The summed E-state index contributed by atoms with van der Waals surface area (Å²) in [6.07, 6.45) is 0.822. The van der Waals surface area contributed by atoms with Gasteiger partial charge in [0.15, 0.2) is 5.96 Å². The molecular weight excluding hydrogens is 348 g/mol. The molecule has 0 radical (unpaired) electrons. The van der Waals surface area contributed by atoms with E-state index in [4.69, 9.17) is 10.5 Å². The zero-order valence-corrected chi connectivity index (χ0v) is 12.3. The number of aliphatic imine (C=N–C) groups is 1. The van der Waals surface area contributed by atoms with E-state index in [-0.39, 0.29) is 42.5 Å². The Labute approximate surface area is 123 Å². The second-order valence-corrected chi connectivity index (χ2v) is 3.83. The fourth-order valence-electron chi connectivity index (χ4n) is 1.88. The van der Waals surface area contributed by atoms with E-state index < -0.39 is 6.67 Å². The molecule has 1 heterocycles. The average Bonchev–Trinajstić information content (AvgIpc) is 2.37. The molecule has 1 aliphatic heterocycles. The van der Waals surface area contributed by atoms with Gasteiger partial charge in [0.2, 0.25) is 0 Å². The minimum atomic E-state index is -0.493. The Morgan fingerprint density at radius 2 is 2.28 bits per heavy atom. The van der Waals surface area contributed by atoms with E-state index in [9.17, 15) is 4.39 Å². The second-order valence-electron chi connectivity index (χ2n) is 3.83. The monoisotopic (exact) mass is 365 g/mol. The number of benzene rings is 1. The lowest BCUT2D eigenvalue weighted by atomic mass is 10.0. The Bertz CT molecular complexity index is 414. The summed E-state index contributed by atoms with van der Waals surface area (Å²) in [6.45, 7) is 0.252. The number of nitrogens with two attached hydrogens (primary N) is 1. The summed E-state index contributed by atoms with van der Waals surface area (Å²) in [5, 5.41) is 3.09. The SMILES string of the molecule is I.NC(=NCCF)NC1CCOc2ccccc21. The maximum Gasteiger partial charge on any atom is 0.189 e. The summed E-state index contributed by atoms with van der Waals surface area (Å²) in [5.74, 6) is 1.15. The van der Waals surface area contributed by atoms with E-state index in [1.54, 1.807) is 0 Å². The van der Waals surface area contributed by atoms with Crippen molar-refractivity contribution in [3.05, 3.63) is 29.8 Å². The zero-order chi connectivity index (χ0) is 12.1. The van der Waals surface area contributed by atoms with Crippen molar-refractivity contribution in [3.8, 4) is 5.75 Å². The molecule has 1 atom stereocenters. The number of para-hydroxylation sites is 1. The molecule has 4 nitrogen and oxygen atoms in total. The third-order valence-electron chi connectivity index (χ3n) is 2.65. The first-order valence-electron chi connectivity index (χ1n) is 5.65. The molecule has 0 fully saturated rings. The van der Waals surface area contributed by atoms with Gasteiger partial charge in [0.25, 0.3) is 0 Å². The van der Waals surface area contributed by atoms with Gasteiger partial charge in [-0.1, -0.05) is 18.2 Å². The van der Waals surface area contributed by atoms with Gasteiger partial charge in [0, 0.05) is 12.0 Å². The van der Waals surface area contributed by atoms with Crippen LogP contribution in [0.25, 0.3) is 0 Å². The van der Waals surface area contributed by atoms with Crippen LogP contribution in [0.3, 0.4) is 0 Å². The first kappa shape index (κ1) is 15.0. The molecule has 0 bridgehead atoms. The molecule has 0 saturated heterocycles. The first-order chi connectivity index (χ1) is 8.31. The lowest BCUT2D eigenvalue weighted by Crippen LogP contribution is -2.37. The summed E-state index contributed by atoms with van der Waals surface area (Å²) < 4.78 is 17.5. The Morgan fingerprint density at radius 3 is 3.06 bits per heavy atom. The van der Waals surface area contributed by atoms with Crippen LogP contribution in [0.4, 0.5) is 4.39 Å². The number of alkyl halides is 1. The highest BCUT2D eigenvalue weighted by Gasteiger charge is 2.20. The quantitative estimate of drug-likeness (QED) is 0.490. The number of hydrogen-bond acceptors (Lipinski definition) is 2. The Morgan fingerprint density at radius 1 is 1.50 bits per heavy atom. The molecule has 100 valence electrons. The number of rotatable bonds is 3. The summed E-state index contributed by atoms with van der Waals surface area (Å²) >= 11 is 0. The van der Waals surface area contributed by atoms with E-state index in [1.807, 2.05) is 24.3 Å². The van der Waals surface area contributed by atoms with Crippen molar-refractivity contribution in [3.63, 3.8) is 0 Å². The molecule has 0 aromatic heterocycles. The first-order valence-corrected chi connectivity index (χ1v) is 5.65. The minimum Gasteiger partial charge on any atom is -0.493 e. The van der Waals surface area contributed by atoms with Gasteiger partial charge >= 0.3 is 0 Å². The van der Waals surface area contributed by atoms with Gasteiger partial charge in [0.05, 0.1) is 19.2 Å². The van der Waals surface area contributed by atoms with Crippen LogP contribution in [0.15, 0.2) is 29.3 Å². The van der Waals surface area contributed by atoms with Gasteiger partial charge in [-0.25, -0.2) is 4.39 Å². The predicted molar refractivity (Wildman–Crippen MR) is 80.3 cm³/mol. The van der Waals surface area contributed by atoms with Crippen LogP contribution in [-0.4, -0.2) is 25.8 Å². The standard InChI is InChI=1S/C12H16FN3O.HI/c13-6-7-15-12(14)16-10-5-8-17-11-4-2-1-3-9(10)11;/h1-4,10H,5-8H2,(H3,14,15,16);1H. The molecule has 1 unspecified atom stereocenters. The van der Waals surface area contributed by atoms with Crippen LogP contribution >= 0.6 is 24.0 Å². The largest absolute Gasteiger partial charge is 0.493 e. The van der Waals surface area contributed by atoms with E-state index in [1.165, 1.54) is 0 Å². The number of guanidine groups is 1. The van der Waals surface area contributed by atoms with Crippen LogP contribution < -0.4 is 15.8 Å². The van der Waals surface area contributed by atoms with Gasteiger partial charge in [-0.2, -0.15) is 0 Å². The molecule has 1 aliphatic rings. The Kier molecular flexibility index (Phi) is 6.17. The number of ether oxygens (including phenoxy) is 1. The highest BCUT2D eigenvalue weighted by Crippen LogP contribution is 2.31. The third-order valence-corrected chi connectivity index (χ3v) is 2.65. The van der Waals surface area contributed by atoms with Crippen molar-refractivity contribution in [1.82, 2.24) is 5.32 Å². The average molecular weight is 365 g/mol. The molecule has 0 aliphatic carbocycles. The number of nitrogens with zero attached hydrogens (tertiary/aromatic N) is 1. The number of fused-ring (bicyclic) bond motifs is 1. The van der Waals surface area contributed by atoms with Crippen LogP contribution in [0.1, 0.15) is 18.0 Å². The number of hydrogen-bond donors (Lipinski definition) is 2. The van der Waals surface area contributed by atoms with Crippen LogP contribution in [0.2, 0.25) is 0 Å². The zero-order valence-electron chi connectivity index (χ0n) is 9.93. The minimum absolute atomic E-state index is 0. The smallest absolute Gasteiger partial charge is 0.189 e. The van der Waals surface area contributed by atoms with Crippen LogP contribution in [0, 0.1) is 0 Å². The fourth-order valence-corrected chi connectivity index (χ4v) is 1.88. The Hall–Kier alpha value is -1.05. The molecule has 0 spiro atoms. The third kappa shape index (κ3) is 3.72. The summed E-state index contributed by atoms with van der Waals surface area (Å²) in [5.41, 5.74) is 6.75. The van der Waals surface area contributed by atoms with Gasteiger partial charge in [-0.05, 0) is 6.07 Å². The second kappa shape index (κ2) is 7.40. The fraction of sp³-hybridized carbons (Fsp3) is 0.417. The van der Waals surface area contributed by atoms with Crippen LogP contribution in [0.5, 0.6) is 5.75 Å². The normalized spacial score (nSPS) is 18.3. The van der Waals surface area contributed by atoms with Crippen molar-refractivity contribution >= 4 is 29.9 Å². The van der Waals surface area contributed by atoms with Gasteiger partial charge in [-0.3, -0.25) is 4.99 Å². The highest BCUT2D eigenvalue weighted by molar-refractivity contribution is 14.0. The van der Waals surface area contributed by atoms with E-state index >= 15 is 0 Å². The molecule has 1 aromatic carbocycles. The Balaban J connectivity index is 0.00000162. The van der Waals surface area contributed by atoms with E-state index in [2.05, 4.69) is 10.3 Å². The van der Waals surface area contributed by atoms with E-state index in [0.717, 1.165) is 17.7 Å². The van der Waals surface area contributed by atoms with Crippen molar-refractivity contribution in [2.75, 3.05) is 19.8 Å². The van der Waals surface area contributed by atoms with Gasteiger partial charge in [-0.15, -0.1) is 24.0 Å². The van der Waals surface area contributed by atoms with Gasteiger partial charge < -0.3 is 15.8 Å². The van der Waals surface area contributed by atoms with Crippen molar-refractivity contribution in [1.29, 1.82) is 0 Å². The summed E-state index contributed by atoms with van der Waals surface area (Å²) in [4.78, 5) is 3.88.